The van der Waals surface area contributed by atoms with Crippen molar-refractivity contribution in [3.8, 4) is 24.2 Å². The van der Waals surface area contributed by atoms with E-state index in [0.29, 0.717) is 5.56 Å². The van der Waals surface area contributed by atoms with Crippen LogP contribution in [-0.4, -0.2) is 5.11 Å². The van der Waals surface area contributed by atoms with Crippen LogP contribution in [0.25, 0.3) is 0 Å². The molecular weight excluding hydrogens is 220 g/mol. The van der Waals surface area contributed by atoms with E-state index in [2.05, 4.69) is 17.8 Å². The molecule has 0 saturated carbocycles. The number of hydrogen-bond acceptors (Lipinski definition) is 1. The molecule has 0 saturated heterocycles. The van der Waals surface area contributed by atoms with Crippen molar-refractivity contribution in [3.05, 3.63) is 71.3 Å². The van der Waals surface area contributed by atoms with E-state index < -0.39 is 6.10 Å². The highest BCUT2D eigenvalue weighted by Gasteiger charge is 2.01. The third kappa shape index (κ3) is 3.01. The number of terminal acetylenes is 1. The second-order valence-electron chi connectivity index (χ2n) is 3.81. The van der Waals surface area contributed by atoms with Gasteiger partial charge in [0.05, 0.1) is 0 Å². The van der Waals surface area contributed by atoms with Gasteiger partial charge in [-0.1, -0.05) is 48.1 Å². The van der Waals surface area contributed by atoms with Crippen molar-refractivity contribution in [2.75, 3.05) is 0 Å². The number of benzene rings is 2. The molecule has 0 aliphatic heterocycles. The van der Waals surface area contributed by atoms with Crippen LogP contribution in [0, 0.1) is 24.2 Å². The van der Waals surface area contributed by atoms with Crippen LogP contribution in [0.5, 0.6) is 0 Å². The largest absolute Gasteiger partial charge is 0.376 e. The van der Waals surface area contributed by atoms with Gasteiger partial charge < -0.3 is 5.11 Å². The maximum absolute atomic E-state index is 9.46. The second kappa shape index (κ2) is 5.73. The lowest BCUT2D eigenvalue weighted by Crippen LogP contribution is -1.92. The zero-order valence-electron chi connectivity index (χ0n) is 9.80. The Balaban J connectivity index is 2.17. The van der Waals surface area contributed by atoms with Crippen molar-refractivity contribution in [2.24, 2.45) is 0 Å². The van der Waals surface area contributed by atoms with Gasteiger partial charge in [0.2, 0.25) is 0 Å². The summed E-state index contributed by atoms with van der Waals surface area (Å²) in [6.45, 7) is 0. The molecule has 0 aromatic heterocycles. The van der Waals surface area contributed by atoms with Crippen molar-refractivity contribution >= 4 is 0 Å². The molecule has 86 valence electrons. The van der Waals surface area contributed by atoms with Gasteiger partial charge in [0.1, 0.15) is 6.10 Å². The molecule has 1 nitrogen and oxygen atoms in total. The summed E-state index contributed by atoms with van der Waals surface area (Å²) in [4.78, 5) is 0. The molecule has 2 aromatic carbocycles. The van der Waals surface area contributed by atoms with E-state index in [9.17, 15) is 5.11 Å². The van der Waals surface area contributed by atoms with Gasteiger partial charge in [0.25, 0.3) is 0 Å². The number of rotatable bonds is 1. The summed E-state index contributed by atoms with van der Waals surface area (Å²) in [7, 11) is 0. The summed E-state index contributed by atoms with van der Waals surface area (Å²) in [5, 5.41) is 9.46. The first-order valence-electron chi connectivity index (χ1n) is 5.61. The van der Waals surface area contributed by atoms with Crippen molar-refractivity contribution in [1.29, 1.82) is 0 Å². The topological polar surface area (TPSA) is 20.2 Å². The third-order valence-electron chi connectivity index (χ3n) is 2.51. The molecule has 0 amide bonds. The van der Waals surface area contributed by atoms with E-state index in [4.69, 9.17) is 6.42 Å². The average Bonchev–Trinajstić information content (AvgIpc) is 2.46. The predicted molar refractivity (Wildman–Crippen MR) is 72.7 cm³/mol. The molecule has 1 heteroatoms. The fourth-order valence-corrected chi connectivity index (χ4v) is 1.51. The molecule has 0 aliphatic rings. The number of hydrogen-bond donors (Lipinski definition) is 1. The van der Waals surface area contributed by atoms with Gasteiger partial charge >= 0.3 is 0 Å². The third-order valence-corrected chi connectivity index (χ3v) is 2.51. The highest BCUT2D eigenvalue weighted by molar-refractivity contribution is 5.43. The van der Waals surface area contributed by atoms with E-state index in [0.717, 1.165) is 11.1 Å². The molecule has 0 bridgehead atoms. The summed E-state index contributed by atoms with van der Waals surface area (Å²) in [5.41, 5.74) is 2.58. The lowest BCUT2D eigenvalue weighted by atomic mass is 10.1. The Labute approximate surface area is 107 Å². The Morgan fingerprint density at radius 3 is 1.94 bits per heavy atom. The molecule has 1 N–H and O–H groups in total. The van der Waals surface area contributed by atoms with Crippen molar-refractivity contribution < 1.29 is 5.11 Å². The second-order valence-corrected chi connectivity index (χ2v) is 3.81. The summed E-state index contributed by atoms with van der Waals surface area (Å²) < 4.78 is 0. The molecule has 0 spiro atoms. The minimum absolute atomic E-state index is 0.711. The van der Waals surface area contributed by atoms with Crippen LogP contribution in [0.1, 0.15) is 22.8 Å². The Kier molecular flexibility index (Phi) is 3.82. The van der Waals surface area contributed by atoms with Gasteiger partial charge in [-0.15, -0.1) is 6.42 Å². The Hall–Kier alpha value is -2.48. The van der Waals surface area contributed by atoms with Crippen LogP contribution in [0.2, 0.25) is 0 Å². The van der Waals surface area contributed by atoms with E-state index in [1.165, 1.54) is 0 Å². The van der Waals surface area contributed by atoms with Crippen molar-refractivity contribution in [2.45, 2.75) is 6.10 Å². The maximum atomic E-state index is 9.46. The minimum atomic E-state index is -0.846. The van der Waals surface area contributed by atoms with Crippen LogP contribution < -0.4 is 0 Å². The normalized spacial score (nSPS) is 10.9. The molecule has 2 rings (SSSR count). The molecule has 1 atom stereocenters. The molecule has 0 unspecified atom stereocenters. The summed E-state index contributed by atoms with van der Waals surface area (Å²) in [5.74, 6) is 8.41. The lowest BCUT2D eigenvalue weighted by Gasteiger charge is -2.02. The zero-order chi connectivity index (χ0) is 12.8. The summed E-state index contributed by atoms with van der Waals surface area (Å²) >= 11 is 0. The van der Waals surface area contributed by atoms with E-state index >= 15 is 0 Å². The SMILES string of the molecule is C#C[C@@H](O)c1ccc(C#Cc2ccccc2)cc1. The van der Waals surface area contributed by atoms with E-state index in [-0.39, 0.29) is 0 Å². The highest BCUT2D eigenvalue weighted by Crippen LogP contribution is 2.12. The molecule has 0 radical (unpaired) electrons. The van der Waals surface area contributed by atoms with E-state index in [1.807, 2.05) is 42.5 Å². The Bertz CT molecular complexity index is 607. The quantitative estimate of drug-likeness (QED) is 0.750. The van der Waals surface area contributed by atoms with Gasteiger partial charge in [-0.05, 0) is 29.8 Å². The van der Waals surface area contributed by atoms with Gasteiger partial charge in [0.15, 0.2) is 0 Å². The lowest BCUT2D eigenvalue weighted by molar-refractivity contribution is 0.238. The first-order chi connectivity index (χ1) is 8.79. The van der Waals surface area contributed by atoms with Gasteiger partial charge in [-0.2, -0.15) is 0 Å². The monoisotopic (exact) mass is 232 g/mol. The van der Waals surface area contributed by atoms with Gasteiger partial charge in [-0.3, -0.25) is 0 Å². The van der Waals surface area contributed by atoms with Gasteiger partial charge in [0, 0.05) is 11.1 Å². The first kappa shape index (κ1) is 12.0. The predicted octanol–water partition coefficient (Wildman–Crippen LogP) is 2.75. The number of aliphatic hydroxyl groups excluding tert-OH is 1. The van der Waals surface area contributed by atoms with Crippen LogP contribution in [0.4, 0.5) is 0 Å². The number of aliphatic hydroxyl groups is 1. The van der Waals surface area contributed by atoms with Crippen LogP contribution in [0.3, 0.4) is 0 Å². The minimum Gasteiger partial charge on any atom is -0.376 e. The first-order valence-corrected chi connectivity index (χ1v) is 5.61. The molecule has 0 aliphatic carbocycles. The Morgan fingerprint density at radius 1 is 0.833 bits per heavy atom. The van der Waals surface area contributed by atoms with E-state index in [1.54, 1.807) is 12.1 Å². The Morgan fingerprint density at radius 2 is 1.39 bits per heavy atom. The van der Waals surface area contributed by atoms with Crippen LogP contribution >= 0.6 is 0 Å². The van der Waals surface area contributed by atoms with Crippen LogP contribution in [0.15, 0.2) is 54.6 Å². The van der Waals surface area contributed by atoms with Crippen molar-refractivity contribution in [1.82, 2.24) is 0 Å². The molecule has 0 heterocycles. The highest BCUT2D eigenvalue weighted by atomic mass is 16.3. The molecular formula is C17H12O. The molecule has 0 fully saturated rings. The molecule has 18 heavy (non-hydrogen) atoms. The maximum Gasteiger partial charge on any atom is 0.139 e. The smallest absolute Gasteiger partial charge is 0.139 e. The van der Waals surface area contributed by atoms with Gasteiger partial charge in [-0.25, -0.2) is 0 Å². The fourth-order valence-electron chi connectivity index (χ4n) is 1.51. The van der Waals surface area contributed by atoms with Crippen molar-refractivity contribution in [3.63, 3.8) is 0 Å². The summed E-state index contributed by atoms with van der Waals surface area (Å²) in [6, 6.07) is 17.1. The van der Waals surface area contributed by atoms with Crippen LogP contribution in [-0.2, 0) is 0 Å². The standard InChI is InChI=1S/C17H12O/c1-2-17(18)16-12-10-15(11-13-16)9-8-14-6-4-3-5-7-14/h1,3-7,10-13,17-18H/t17-/m1/s1. The zero-order valence-corrected chi connectivity index (χ0v) is 9.80. The summed E-state index contributed by atoms with van der Waals surface area (Å²) in [6.07, 6.45) is 4.30. The fraction of sp³-hybridized carbons (Fsp3) is 0.0588. The average molecular weight is 232 g/mol. The molecule has 2 aromatic rings.